The van der Waals surface area contributed by atoms with Gasteiger partial charge in [0.15, 0.2) is 5.13 Å². The van der Waals surface area contributed by atoms with Crippen molar-refractivity contribution in [1.29, 1.82) is 0 Å². The van der Waals surface area contributed by atoms with Crippen molar-refractivity contribution in [3.05, 3.63) is 41.6 Å². The molecule has 0 aliphatic heterocycles. The fourth-order valence-corrected chi connectivity index (χ4v) is 3.14. The number of nitrogen functional groups attached to an aromatic ring is 1. The Morgan fingerprint density at radius 1 is 1.41 bits per heavy atom. The predicted molar refractivity (Wildman–Crippen MR) is 71.0 cm³/mol. The molecule has 1 aromatic heterocycles. The maximum absolute atomic E-state index is 11.2. The van der Waals surface area contributed by atoms with Gasteiger partial charge in [-0.15, -0.1) is 11.8 Å². The Morgan fingerprint density at radius 3 is 2.82 bits per heavy atom. The van der Waals surface area contributed by atoms with Gasteiger partial charge in [0.1, 0.15) is 0 Å². The van der Waals surface area contributed by atoms with E-state index >= 15 is 0 Å². The van der Waals surface area contributed by atoms with Crippen molar-refractivity contribution in [2.24, 2.45) is 5.73 Å². The number of hydrogen-bond acceptors (Lipinski definition) is 5. The van der Waals surface area contributed by atoms with Gasteiger partial charge >= 0.3 is 0 Å². The highest BCUT2D eigenvalue weighted by Gasteiger charge is 2.08. The lowest BCUT2D eigenvalue weighted by molar-refractivity contribution is 0.0999. The highest BCUT2D eigenvalue weighted by atomic mass is 32.2. The molecule has 0 radical (unpaired) electrons. The second-order valence-electron chi connectivity index (χ2n) is 3.33. The summed E-state index contributed by atoms with van der Waals surface area (Å²) in [6.45, 7) is 0. The van der Waals surface area contributed by atoms with Crippen molar-refractivity contribution < 1.29 is 4.79 Å². The number of benzene rings is 1. The number of primary amides is 1. The molecule has 4 N–H and O–H groups in total. The summed E-state index contributed by atoms with van der Waals surface area (Å²) in [6.07, 6.45) is 1.73. The number of thioether (sulfide) groups is 1. The predicted octanol–water partition coefficient (Wildman–Crippen LogP) is 2.12. The van der Waals surface area contributed by atoms with E-state index in [1.165, 1.54) is 11.3 Å². The zero-order valence-corrected chi connectivity index (χ0v) is 10.6. The highest BCUT2D eigenvalue weighted by Crippen LogP contribution is 2.29. The zero-order valence-electron chi connectivity index (χ0n) is 8.92. The van der Waals surface area contributed by atoms with Gasteiger partial charge in [-0.05, 0) is 11.6 Å². The largest absolute Gasteiger partial charge is 0.375 e. The molecule has 0 aliphatic carbocycles. The fourth-order valence-electron chi connectivity index (χ4n) is 1.37. The van der Waals surface area contributed by atoms with E-state index in [-0.39, 0.29) is 0 Å². The lowest BCUT2D eigenvalue weighted by Crippen LogP contribution is -2.13. The average Bonchev–Trinajstić information content (AvgIpc) is 2.73. The minimum Gasteiger partial charge on any atom is -0.375 e. The molecule has 0 aliphatic rings. The Bertz CT molecular complexity index is 539. The second kappa shape index (κ2) is 5.20. The van der Waals surface area contributed by atoms with Gasteiger partial charge in [0, 0.05) is 11.3 Å². The number of hydrogen-bond donors (Lipinski definition) is 2. The Labute approximate surface area is 107 Å². The molecule has 0 unspecified atom stereocenters. The summed E-state index contributed by atoms with van der Waals surface area (Å²) in [5, 5.41) is 0.552. The zero-order chi connectivity index (χ0) is 12.3. The lowest BCUT2D eigenvalue weighted by atomic mass is 10.1. The Kier molecular flexibility index (Phi) is 3.65. The van der Waals surface area contributed by atoms with Gasteiger partial charge in [-0.2, -0.15) is 0 Å². The summed E-state index contributed by atoms with van der Waals surface area (Å²) < 4.78 is 1.03. The molecule has 1 heterocycles. The number of nitrogens with zero attached hydrogens (tertiary/aromatic N) is 1. The third-order valence-electron chi connectivity index (χ3n) is 2.16. The van der Waals surface area contributed by atoms with Crippen LogP contribution in [0.3, 0.4) is 0 Å². The van der Waals surface area contributed by atoms with Crippen LogP contribution in [0.1, 0.15) is 15.9 Å². The number of rotatable bonds is 4. The third-order valence-corrected chi connectivity index (χ3v) is 4.23. The number of anilines is 1. The molecule has 1 amide bonds. The Hall–Kier alpha value is -1.53. The van der Waals surface area contributed by atoms with Crippen molar-refractivity contribution in [2.75, 3.05) is 5.73 Å². The van der Waals surface area contributed by atoms with Crippen LogP contribution in [0.2, 0.25) is 0 Å². The average molecular weight is 265 g/mol. The molecule has 0 atom stereocenters. The number of carbonyl (C=O) groups is 1. The first-order valence-corrected chi connectivity index (χ1v) is 6.69. The maximum Gasteiger partial charge on any atom is 0.249 e. The van der Waals surface area contributed by atoms with Crippen LogP contribution in [-0.2, 0) is 5.75 Å². The molecular weight excluding hydrogens is 254 g/mol. The van der Waals surface area contributed by atoms with E-state index in [1.54, 1.807) is 30.1 Å². The molecule has 0 spiro atoms. The SMILES string of the molecule is NC(=O)c1ccccc1CSc1cnc(N)s1. The molecule has 2 aromatic rings. The van der Waals surface area contributed by atoms with E-state index in [9.17, 15) is 4.79 Å². The van der Waals surface area contributed by atoms with Gasteiger partial charge < -0.3 is 11.5 Å². The number of nitrogens with two attached hydrogens (primary N) is 2. The minimum atomic E-state index is -0.398. The van der Waals surface area contributed by atoms with Crippen LogP contribution in [0.15, 0.2) is 34.7 Å². The van der Waals surface area contributed by atoms with Gasteiger partial charge in [-0.1, -0.05) is 29.5 Å². The second-order valence-corrected chi connectivity index (χ2v) is 5.67. The van der Waals surface area contributed by atoms with E-state index in [2.05, 4.69) is 4.98 Å². The van der Waals surface area contributed by atoms with Crippen LogP contribution < -0.4 is 11.5 Å². The third kappa shape index (κ3) is 2.98. The van der Waals surface area contributed by atoms with Crippen LogP contribution in [0.25, 0.3) is 0 Å². The van der Waals surface area contributed by atoms with E-state index in [1.807, 2.05) is 12.1 Å². The molecule has 0 fully saturated rings. The summed E-state index contributed by atoms with van der Waals surface area (Å²) in [5.74, 6) is 0.283. The van der Waals surface area contributed by atoms with Gasteiger partial charge in [0.2, 0.25) is 5.91 Å². The van der Waals surface area contributed by atoms with Crippen molar-refractivity contribution in [2.45, 2.75) is 9.96 Å². The van der Waals surface area contributed by atoms with Crippen LogP contribution in [0.4, 0.5) is 5.13 Å². The van der Waals surface area contributed by atoms with Crippen molar-refractivity contribution in [1.82, 2.24) is 4.98 Å². The van der Waals surface area contributed by atoms with Gasteiger partial charge in [0.05, 0.1) is 10.4 Å². The van der Waals surface area contributed by atoms with Crippen LogP contribution in [0, 0.1) is 0 Å². The molecule has 0 saturated heterocycles. The lowest BCUT2D eigenvalue weighted by Gasteiger charge is -2.04. The number of carbonyl (C=O) groups excluding carboxylic acids is 1. The first kappa shape index (κ1) is 11.9. The molecule has 6 heteroatoms. The van der Waals surface area contributed by atoms with Crippen molar-refractivity contribution in [3.63, 3.8) is 0 Å². The highest BCUT2D eigenvalue weighted by molar-refractivity contribution is 8.00. The number of aromatic nitrogens is 1. The van der Waals surface area contributed by atoms with Crippen molar-refractivity contribution in [3.8, 4) is 0 Å². The Balaban J connectivity index is 2.11. The molecule has 1 aromatic carbocycles. The summed E-state index contributed by atoms with van der Waals surface area (Å²) in [7, 11) is 0. The van der Waals surface area contributed by atoms with Crippen LogP contribution in [-0.4, -0.2) is 10.9 Å². The first-order valence-electron chi connectivity index (χ1n) is 4.88. The smallest absolute Gasteiger partial charge is 0.249 e. The molecule has 4 nitrogen and oxygen atoms in total. The molecule has 0 saturated carbocycles. The summed E-state index contributed by atoms with van der Waals surface area (Å²) >= 11 is 3.03. The van der Waals surface area contributed by atoms with E-state index < -0.39 is 5.91 Å². The summed E-state index contributed by atoms with van der Waals surface area (Å²) in [4.78, 5) is 15.2. The molecule has 0 bridgehead atoms. The number of thiazole rings is 1. The number of amides is 1. The normalized spacial score (nSPS) is 10.4. The standard InChI is InChI=1S/C11H11N3OS2/c12-10(15)8-4-2-1-3-7(8)6-16-9-5-14-11(13)17-9/h1-5H,6H2,(H2,12,15)(H2,13,14). The maximum atomic E-state index is 11.2. The van der Waals surface area contributed by atoms with Gasteiger partial charge in [0.25, 0.3) is 0 Å². The molecule has 2 rings (SSSR count). The molecule has 17 heavy (non-hydrogen) atoms. The minimum absolute atomic E-state index is 0.398. The van der Waals surface area contributed by atoms with Crippen LogP contribution >= 0.6 is 23.1 Å². The molecule has 88 valence electrons. The summed E-state index contributed by atoms with van der Waals surface area (Å²) in [5.41, 5.74) is 12.4. The van der Waals surface area contributed by atoms with Crippen molar-refractivity contribution >= 4 is 34.1 Å². The van der Waals surface area contributed by atoms with Gasteiger partial charge in [-0.25, -0.2) is 4.98 Å². The monoisotopic (exact) mass is 265 g/mol. The fraction of sp³-hybridized carbons (Fsp3) is 0.0909. The topological polar surface area (TPSA) is 82.0 Å². The van der Waals surface area contributed by atoms with E-state index in [0.717, 1.165) is 9.77 Å². The quantitative estimate of drug-likeness (QED) is 0.830. The molecular formula is C11H11N3OS2. The van der Waals surface area contributed by atoms with E-state index in [4.69, 9.17) is 11.5 Å². The Morgan fingerprint density at radius 2 is 2.18 bits per heavy atom. The first-order chi connectivity index (χ1) is 8.16. The van der Waals surface area contributed by atoms with Gasteiger partial charge in [-0.3, -0.25) is 4.79 Å². The van der Waals surface area contributed by atoms with Crippen LogP contribution in [0.5, 0.6) is 0 Å². The summed E-state index contributed by atoms with van der Waals surface area (Å²) in [6, 6.07) is 7.33. The van der Waals surface area contributed by atoms with E-state index in [0.29, 0.717) is 16.4 Å².